The molecule has 0 atom stereocenters. The number of aromatic nitrogens is 3. The Bertz CT molecular complexity index is 774. The summed E-state index contributed by atoms with van der Waals surface area (Å²) in [7, 11) is 1.97. The van der Waals surface area contributed by atoms with Crippen molar-refractivity contribution in [2.24, 2.45) is 12.0 Å². The monoisotopic (exact) mass is 404 g/mol. The number of thioether (sulfide) groups is 1. The van der Waals surface area contributed by atoms with E-state index in [9.17, 15) is 0 Å². The number of hydrogen-bond acceptors (Lipinski definition) is 5. The van der Waals surface area contributed by atoms with Crippen molar-refractivity contribution in [1.82, 2.24) is 25.4 Å². The van der Waals surface area contributed by atoms with Crippen LogP contribution in [0, 0.1) is 13.8 Å². The second-order valence-electron chi connectivity index (χ2n) is 6.53. The van der Waals surface area contributed by atoms with Crippen molar-refractivity contribution >= 4 is 17.7 Å². The SMILES string of the molecule is CCOCCCNC(=NCc1ccc(C)cc1SC)NCc1nnc(C)n1C. The van der Waals surface area contributed by atoms with Crippen LogP contribution in [0.1, 0.15) is 36.1 Å². The highest BCUT2D eigenvalue weighted by Crippen LogP contribution is 2.22. The highest BCUT2D eigenvalue weighted by molar-refractivity contribution is 7.98. The largest absolute Gasteiger partial charge is 0.382 e. The Kier molecular flexibility index (Phi) is 9.30. The van der Waals surface area contributed by atoms with E-state index >= 15 is 0 Å². The summed E-state index contributed by atoms with van der Waals surface area (Å²) in [6.45, 7) is 9.54. The Balaban J connectivity index is 2.03. The Labute approximate surface area is 172 Å². The van der Waals surface area contributed by atoms with Gasteiger partial charge >= 0.3 is 0 Å². The van der Waals surface area contributed by atoms with Crippen molar-refractivity contribution in [3.8, 4) is 0 Å². The van der Waals surface area contributed by atoms with Gasteiger partial charge < -0.3 is 19.9 Å². The summed E-state index contributed by atoms with van der Waals surface area (Å²) >= 11 is 1.75. The molecule has 0 radical (unpaired) electrons. The van der Waals surface area contributed by atoms with Gasteiger partial charge in [-0.3, -0.25) is 0 Å². The molecule has 0 spiro atoms. The van der Waals surface area contributed by atoms with E-state index in [2.05, 4.69) is 52.2 Å². The summed E-state index contributed by atoms with van der Waals surface area (Å²) in [5.41, 5.74) is 2.49. The third-order valence-electron chi connectivity index (χ3n) is 4.41. The fraction of sp³-hybridized carbons (Fsp3) is 0.550. The molecule has 2 N–H and O–H groups in total. The van der Waals surface area contributed by atoms with Gasteiger partial charge in [0.15, 0.2) is 11.8 Å². The zero-order valence-corrected chi connectivity index (χ0v) is 18.4. The van der Waals surface area contributed by atoms with Crippen LogP contribution in [0.5, 0.6) is 0 Å². The molecule has 0 unspecified atom stereocenters. The molecule has 8 heteroatoms. The maximum absolute atomic E-state index is 5.41. The lowest BCUT2D eigenvalue weighted by atomic mass is 10.1. The van der Waals surface area contributed by atoms with Crippen LogP contribution in [0.25, 0.3) is 0 Å². The van der Waals surface area contributed by atoms with Crippen molar-refractivity contribution in [3.63, 3.8) is 0 Å². The fourth-order valence-electron chi connectivity index (χ4n) is 2.61. The lowest BCUT2D eigenvalue weighted by Gasteiger charge is -2.13. The first-order valence-electron chi connectivity index (χ1n) is 9.63. The van der Waals surface area contributed by atoms with Gasteiger partial charge in [0, 0.05) is 31.7 Å². The number of aryl methyl sites for hydroxylation is 2. The van der Waals surface area contributed by atoms with Gasteiger partial charge in [0.2, 0.25) is 0 Å². The minimum atomic E-state index is 0.567. The Morgan fingerprint density at radius 3 is 2.75 bits per heavy atom. The number of guanidine groups is 1. The molecule has 1 aromatic carbocycles. The predicted molar refractivity (Wildman–Crippen MR) is 116 cm³/mol. The number of nitrogens with one attached hydrogen (secondary N) is 2. The zero-order valence-electron chi connectivity index (χ0n) is 17.6. The molecule has 28 heavy (non-hydrogen) atoms. The highest BCUT2D eigenvalue weighted by atomic mass is 32.2. The first-order valence-corrected chi connectivity index (χ1v) is 10.9. The van der Waals surface area contributed by atoms with Crippen LogP contribution in [-0.4, -0.2) is 46.7 Å². The van der Waals surface area contributed by atoms with Gasteiger partial charge in [0.25, 0.3) is 0 Å². The molecule has 0 saturated carbocycles. The maximum Gasteiger partial charge on any atom is 0.191 e. The van der Waals surface area contributed by atoms with Crippen molar-refractivity contribution in [3.05, 3.63) is 41.0 Å². The zero-order chi connectivity index (χ0) is 20.4. The molecule has 0 aliphatic rings. The molecule has 0 aliphatic heterocycles. The number of benzene rings is 1. The number of rotatable bonds is 10. The molecule has 1 aromatic heterocycles. The second-order valence-corrected chi connectivity index (χ2v) is 7.38. The number of hydrogen-bond donors (Lipinski definition) is 2. The van der Waals surface area contributed by atoms with Crippen molar-refractivity contribution < 1.29 is 4.74 Å². The lowest BCUT2D eigenvalue weighted by molar-refractivity contribution is 0.145. The predicted octanol–water partition coefficient (Wildman–Crippen LogP) is 2.82. The fourth-order valence-corrected chi connectivity index (χ4v) is 3.31. The van der Waals surface area contributed by atoms with E-state index in [0.29, 0.717) is 13.1 Å². The molecular weight excluding hydrogens is 372 g/mol. The molecule has 0 fully saturated rings. The van der Waals surface area contributed by atoms with Gasteiger partial charge in [0.1, 0.15) is 5.82 Å². The Hall–Kier alpha value is -2.06. The van der Waals surface area contributed by atoms with Gasteiger partial charge in [-0.25, -0.2) is 4.99 Å². The van der Waals surface area contributed by atoms with Crippen LogP contribution in [-0.2, 0) is 24.9 Å². The molecule has 2 aromatic rings. The normalized spacial score (nSPS) is 11.7. The van der Waals surface area contributed by atoms with Gasteiger partial charge in [-0.05, 0) is 50.6 Å². The highest BCUT2D eigenvalue weighted by Gasteiger charge is 2.07. The Morgan fingerprint density at radius 1 is 1.25 bits per heavy atom. The lowest BCUT2D eigenvalue weighted by Crippen LogP contribution is -2.38. The van der Waals surface area contributed by atoms with Gasteiger partial charge in [-0.1, -0.05) is 12.1 Å². The average molecular weight is 405 g/mol. The number of ether oxygens (including phenoxy) is 1. The van der Waals surface area contributed by atoms with Crippen molar-refractivity contribution in [2.75, 3.05) is 26.0 Å². The Morgan fingerprint density at radius 2 is 2.07 bits per heavy atom. The van der Waals surface area contributed by atoms with Crippen LogP contribution in [0.4, 0.5) is 0 Å². The topological polar surface area (TPSA) is 76.4 Å². The van der Waals surface area contributed by atoms with Gasteiger partial charge in [0.05, 0.1) is 13.1 Å². The summed E-state index contributed by atoms with van der Waals surface area (Å²) < 4.78 is 7.39. The summed E-state index contributed by atoms with van der Waals surface area (Å²) in [6, 6.07) is 6.50. The van der Waals surface area contributed by atoms with E-state index in [-0.39, 0.29) is 0 Å². The molecule has 2 rings (SSSR count). The van der Waals surface area contributed by atoms with Crippen molar-refractivity contribution in [2.45, 2.75) is 45.2 Å². The molecular formula is C20H32N6OS. The molecule has 0 bridgehead atoms. The smallest absolute Gasteiger partial charge is 0.191 e. The van der Waals surface area contributed by atoms with E-state index in [1.807, 2.05) is 25.5 Å². The summed E-state index contributed by atoms with van der Waals surface area (Å²) in [5.74, 6) is 2.54. The van der Waals surface area contributed by atoms with E-state index in [1.54, 1.807) is 11.8 Å². The van der Waals surface area contributed by atoms with Crippen LogP contribution < -0.4 is 10.6 Å². The third kappa shape index (κ3) is 6.83. The minimum absolute atomic E-state index is 0.567. The maximum atomic E-state index is 5.41. The van der Waals surface area contributed by atoms with E-state index < -0.39 is 0 Å². The molecule has 0 saturated heterocycles. The number of nitrogens with zero attached hydrogens (tertiary/aromatic N) is 4. The van der Waals surface area contributed by atoms with Gasteiger partial charge in [-0.15, -0.1) is 22.0 Å². The van der Waals surface area contributed by atoms with Gasteiger partial charge in [-0.2, -0.15) is 0 Å². The average Bonchev–Trinajstić information content (AvgIpc) is 3.02. The molecule has 7 nitrogen and oxygen atoms in total. The molecule has 154 valence electrons. The quantitative estimate of drug-likeness (QED) is 0.274. The van der Waals surface area contributed by atoms with E-state index in [1.165, 1.54) is 16.0 Å². The van der Waals surface area contributed by atoms with Crippen LogP contribution in [0.15, 0.2) is 28.1 Å². The third-order valence-corrected chi connectivity index (χ3v) is 5.23. The van der Waals surface area contributed by atoms with Crippen molar-refractivity contribution in [1.29, 1.82) is 0 Å². The van der Waals surface area contributed by atoms with E-state index in [4.69, 9.17) is 9.73 Å². The molecule has 1 heterocycles. The summed E-state index contributed by atoms with van der Waals surface area (Å²) in [4.78, 5) is 6.05. The summed E-state index contributed by atoms with van der Waals surface area (Å²) in [5, 5.41) is 15.1. The van der Waals surface area contributed by atoms with Crippen LogP contribution in [0.3, 0.4) is 0 Å². The second kappa shape index (κ2) is 11.7. The first-order chi connectivity index (χ1) is 13.5. The minimum Gasteiger partial charge on any atom is -0.382 e. The van der Waals surface area contributed by atoms with E-state index in [0.717, 1.165) is 43.8 Å². The molecule has 0 aliphatic carbocycles. The molecule has 0 amide bonds. The summed E-state index contributed by atoms with van der Waals surface area (Å²) in [6.07, 6.45) is 3.03. The first kappa shape index (κ1) is 22.2. The van der Waals surface area contributed by atoms with Crippen LogP contribution >= 0.6 is 11.8 Å². The number of aliphatic imine (C=N–C) groups is 1. The standard InChI is InChI=1S/C20H32N6OS/c1-6-27-11-7-10-21-20(23-14-19-25-24-16(3)26(19)4)22-13-17-9-8-15(2)12-18(17)28-5/h8-9,12H,6-7,10-11,13-14H2,1-5H3,(H2,21,22,23). The van der Waals surface area contributed by atoms with Crippen LogP contribution in [0.2, 0.25) is 0 Å².